The molecule has 0 aliphatic carbocycles. The van der Waals surface area contributed by atoms with E-state index in [0.29, 0.717) is 17.4 Å². The van der Waals surface area contributed by atoms with Gasteiger partial charge in [-0.05, 0) is 44.7 Å². The number of carboxylic acid groups (broad SMARTS) is 1. The molecule has 0 radical (unpaired) electrons. The van der Waals surface area contributed by atoms with Crippen molar-refractivity contribution in [1.82, 2.24) is 16.2 Å². The smallest absolute Gasteiger partial charge is 0.408 e. The molecule has 0 fully saturated rings. The first-order chi connectivity index (χ1) is 15.8. The highest BCUT2D eigenvalue weighted by molar-refractivity contribution is 8.14. The molecule has 0 aliphatic rings. The number of amides is 4. The summed E-state index contributed by atoms with van der Waals surface area (Å²) in [5, 5.41) is 13.2. The van der Waals surface area contributed by atoms with E-state index in [0.717, 1.165) is 5.56 Å². The van der Waals surface area contributed by atoms with Crippen LogP contribution < -0.4 is 21.5 Å². The number of anilines is 1. The van der Waals surface area contributed by atoms with Gasteiger partial charge >= 0.3 is 12.1 Å². The van der Waals surface area contributed by atoms with Gasteiger partial charge in [0.2, 0.25) is 5.91 Å². The normalized spacial score (nSPS) is 11.8. The summed E-state index contributed by atoms with van der Waals surface area (Å²) in [6.45, 7) is 8.89. The molecule has 0 spiro atoms. The summed E-state index contributed by atoms with van der Waals surface area (Å²) in [5.41, 5.74) is 5.04. The lowest BCUT2D eigenvalue weighted by Crippen LogP contribution is -2.52. The minimum Gasteiger partial charge on any atom is -0.481 e. The minimum absolute atomic E-state index is 0.200. The van der Waals surface area contributed by atoms with Crippen LogP contribution in [0, 0.1) is 0 Å². The van der Waals surface area contributed by atoms with Crippen LogP contribution in [0.15, 0.2) is 24.3 Å². The van der Waals surface area contributed by atoms with Crippen LogP contribution in [-0.2, 0) is 19.1 Å². The van der Waals surface area contributed by atoms with Gasteiger partial charge in [-0.15, -0.1) is 0 Å². The van der Waals surface area contributed by atoms with Crippen LogP contribution >= 0.6 is 11.8 Å². The summed E-state index contributed by atoms with van der Waals surface area (Å²) in [4.78, 5) is 59.4. The molecular formula is C22H32N4O7S. The van der Waals surface area contributed by atoms with Gasteiger partial charge in [0, 0.05) is 12.1 Å². The van der Waals surface area contributed by atoms with Gasteiger partial charge in [-0.2, -0.15) is 0 Å². The van der Waals surface area contributed by atoms with Crippen molar-refractivity contribution in [3.63, 3.8) is 0 Å². The summed E-state index contributed by atoms with van der Waals surface area (Å²) in [7, 11) is 0. The Balaban J connectivity index is 2.56. The second-order valence-corrected chi connectivity index (χ2v) is 9.56. The highest BCUT2D eigenvalue weighted by Gasteiger charge is 2.25. The van der Waals surface area contributed by atoms with Crippen LogP contribution in [0.2, 0.25) is 0 Å². The first-order valence-electron chi connectivity index (χ1n) is 10.6. The lowest BCUT2D eigenvalue weighted by molar-refractivity contribution is -0.137. The van der Waals surface area contributed by atoms with E-state index in [2.05, 4.69) is 21.5 Å². The molecule has 0 aromatic heterocycles. The number of carboxylic acids is 1. The van der Waals surface area contributed by atoms with Gasteiger partial charge in [0.15, 0.2) is 0 Å². The van der Waals surface area contributed by atoms with Crippen molar-refractivity contribution in [3.8, 4) is 0 Å². The number of para-hydroxylation sites is 1. The third-order valence-corrected chi connectivity index (χ3v) is 4.90. The Labute approximate surface area is 202 Å². The quantitative estimate of drug-likeness (QED) is 0.326. The largest absolute Gasteiger partial charge is 0.481 e. The highest BCUT2D eigenvalue weighted by atomic mass is 32.2. The van der Waals surface area contributed by atoms with Gasteiger partial charge in [0.25, 0.3) is 11.1 Å². The minimum atomic E-state index is -1.26. The maximum atomic E-state index is 12.4. The zero-order chi connectivity index (χ0) is 25.9. The number of hydrogen-bond acceptors (Lipinski definition) is 7. The first kappa shape index (κ1) is 28.8. The maximum absolute atomic E-state index is 12.4. The Morgan fingerprint density at radius 1 is 1.06 bits per heavy atom. The van der Waals surface area contributed by atoms with Crippen LogP contribution in [0.25, 0.3) is 0 Å². The number of carbonyl (C=O) groups is 5. The van der Waals surface area contributed by atoms with E-state index in [9.17, 15) is 24.0 Å². The molecule has 4 amide bonds. The van der Waals surface area contributed by atoms with Gasteiger partial charge in [0.1, 0.15) is 11.6 Å². The monoisotopic (exact) mass is 496 g/mol. The third kappa shape index (κ3) is 11.5. The lowest BCUT2D eigenvalue weighted by Gasteiger charge is -2.23. The second-order valence-electron chi connectivity index (χ2n) is 8.61. The molecule has 34 heavy (non-hydrogen) atoms. The molecule has 0 unspecified atom stereocenters. The van der Waals surface area contributed by atoms with Crippen LogP contribution in [-0.4, -0.2) is 51.6 Å². The second kappa shape index (κ2) is 13.4. The Morgan fingerprint density at radius 3 is 2.29 bits per heavy atom. The fourth-order valence-electron chi connectivity index (χ4n) is 2.65. The average molecular weight is 497 g/mol. The Bertz CT molecular complexity index is 899. The zero-order valence-corrected chi connectivity index (χ0v) is 20.7. The molecule has 5 N–H and O–H groups in total. The highest BCUT2D eigenvalue weighted by Crippen LogP contribution is 2.23. The standard InChI is InChI=1S/C22H32N4O7S/c1-13(2)14-8-6-7-9-15(14)23-17(27)12-34-21(32)26-25-19(30)16(10-11-18(28)29)24-20(31)33-22(3,4)5/h6-9,13,16H,10-12H2,1-5H3,(H,23,27)(H,24,31)(H,25,30)(H,26,32)(H,28,29)/t16-/m0/s1. The fourth-order valence-corrected chi connectivity index (χ4v) is 3.11. The number of alkyl carbamates (subject to hydrolysis) is 1. The number of aliphatic carboxylic acids is 1. The van der Waals surface area contributed by atoms with Crippen LogP contribution in [0.4, 0.5) is 15.3 Å². The van der Waals surface area contributed by atoms with Gasteiger partial charge in [-0.1, -0.05) is 43.8 Å². The molecule has 1 rings (SSSR count). The van der Waals surface area contributed by atoms with Gasteiger partial charge in [-0.3, -0.25) is 30.0 Å². The topological polar surface area (TPSA) is 163 Å². The fraction of sp³-hybridized carbons (Fsp3) is 0.500. The summed E-state index contributed by atoms with van der Waals surface area (Å²) in [5.74, 6) is -2.39. The number of thioether (sulfide) groups is 1. The van der Waals surface area contributed by atoms with Crippen molar-refractivity contribution in [2.45, 2.75) is 65.0 Å². The molecule has 0 saturated carbocycles. The van der Waals surface area contributed by atoms with Gasteiger partial charge in [-0.25, -0.2) is 4.79 Å². The summed E-state index contributed by atoms with van der Waals surface area (Å²) in [6, 6.07) is 6.09. The van der Waals surface area contributed by atoms with E-state index < -0.39 is 47.2 Å². The first-order valence-corrected chi connectivity index (χ1v) is 11.6. The number of benzene rings is 1. The van der Waals surface area contributed by atoms with Crippen molar-refractivity contribution in [2.75, 3.05) is 11.1 Å². The molecule has 0 saturated heterocycles. The Kier molecular flexibility index (Phi) is 11.4. The lowest BCUT2D eigenvalue weighted by atomic mass is 10.0. The SMILES string of the molecule is CC(C)c1ccccc1NC(=O)CSC(=O)NNC(=O)[C@H](CCC(=O)O)NC(=O)OC(C)(C)C. The van der Waals surface area contributed by atoms with E-state index in [-0.39, 0.29) is 18.1 Å². The predicted molar refractivity (Wildman–Crippen MR) is 128 cm³/mol. The average Bonchev–Trinajstić information content (AvgIpc) is 2.72. The molecule has 11 nitrogen and oxygen atoms in total. The van der Waals surface area contributed by atoms with Crippen molar-refractivity contribution in [1.29, 1.82) is 0 Å². The molecule has 0 bridgehead atoms. The van der Waals surface area contributed by atoms with Crippen LogP contribution in [0.5, 0.6) is 0 Å². The molecule has 1 aromatic rings. The van der Waals surface area contributed by atoms with Crippen LogP contribution in [0.1, 0.15) is 58.9 Å². The van der Waals surface area contributed by atoms with Crippen molar-refractivity contribution < 1.29 is 33.8 Å². The van der Waals surface area contributed by atoms with E-state index >= 15 is 0 Å². The molecule has 0 heterocycles. The summed E-state index contributed by atoms with van der Waals surface area (Å²) >= 11 is 0.629. The number of carbonyl (C=O) groups excluding carboxylic acids is 4. The Hall–Kier alpha value is -3.28. The predicted octanol–water partition coefficient (Wildman–Crippen LogP) is 2.98. The van der Waals surface area contributed by atoms with Crippen LogP contribution in [0.3, 0.4) is 0 Å². The van der Waals surface area contributed by atoms with Gasteiger partial charge in [0.05, 0.1) is 5.75 Å². The molecule has 1 aromatic carbocycles. The van der Waals surface area contributed by atoms with Crippen molar-refractivity contribution >= 4 is 46.6 Å². The number of hydrogen-bond donors (Lipinski definition) is 5. The molecule has 0 aliphatic heterocycles. The van der Waals surface area contributed by atoms with Crippen molar-refractivity contribution in [2.24, 2.45) is 0 Å². The van der Waals surface area contributed by atoms with E-state index in [1.54, 1.807) is 32.9 Å². The number of rotatable bonds is 9. The third-order valence-electron chi connectivity index (χ3n) is 4.13. The Morgan fingerprint density at radius 2 is 1.71 bits per heavy atom. The van der Waals surface area contributed by atoms with Crippen molar-refractivity contribution in [3.05, 3.63) is 29.8 Å². The molecule has 188 valence electrons. The molecule has 1 atom stereocenters. The maximum Gasteiger partial charge on any atom is 0.408 e. The summed E-state index contributed by atoms with van der Waals surface area (Å²) < 4.78 is 5.07. The molecule has 12 heteroatoms. The van der Waals surface area contributed by atoms with E-state index in [1.165, 1.54) is 0 Å². The van der Waals surface area contributed by atoms with Gasteiger partial charge < -0.3 is 20.5 Å². The zero-order valence-electron chi connectivity index (χ0n) is 19.9. The van der Waals surface area contributed by atoms with E-state index in [4.69, 9.17) is 9.84 Å². The molecular weight excluding hydrogens is 464 g/mol. The number of ether oxygens (including phenoxy) is 1. The summed E-state index contributed by atoms with van der Waals surface area (Å²) in [6.07, 6.45) is -1.52. The number of nitrogens with one attached hydrogen (secondary N) is 4. The number of hydrazine groups is 1. The van der Waals surface area contributed by atoms with E-state index in [1.807, 2.05) is 26.0 Å².